The van der Waals surface area contributed by atoms with Crippen LogP contribution in [0, 0.1) is 10.1 Å². The number of benzene rings is 1. The maximum atomic E-state index is 10.6. The van der Waals surface area contributed by atoms with Gasteiger partial charge in [0.25, 0.3) is 5.69 Å². The number of ether oxygens (including phenoxy) is 1. The smallest absolute Gasteiger partial charge is 0.274 e. The van der Waals surface area contributed by atoms with Crippen molar-refractivity contribution in [1.82, 2.24) is 0 Å². The molecule has 84 valence electrons. The molecule has 0 aliphatic carbocycles. The fourth-order valence-corrected chi connectivity index (χ4v) is 1.15. The van der Waals surface area contributed by atoms with Gasteiger partial charge in [-0.2, -0.15) is 0 Å². The van der Waals surface area contributed by atoms with Crippen LogP contribution in [0.15, 0.2) is 18.2 Å². The Hall–Kier alpha value is -2.37. The van der Waals surface area contributed by atoms with Gasteiger partial charge in [-0.15, -0.1) is 0 Å². The van der Waals surface area contributed by atoms with Crippen LogP contribution in [0.1, 0.15) is 5.56 Å². The number of nitrogens with zero attached hydrogens (tertiary/aromatic N) is 1. The lowest BCUT2D eigenvalue weighted by atomic mass is 10.1. The van der Waals surface area contributed by atoms with E-state index in [-0.39, 0.29) is 22.7 Å². The van der Waals surface area contributed by atoms with Gasteiger partial charge in [0.05, 0.1) is 18.1 Å². The molecule has 6 nitrogen and oxygen atoms in total. The third-order valence-electron chi connectivity index (χ3n) is 1.87. The molecule has 1 N–H and O–H groups in total. The molecule has 0 aliphatic heterocycles. The average molecular weight is 223 g/mol. The summed E-state index contributed by atoms with van der Waals surface area (Å²) in [5.74, 6) is -0.258. The SMILES string of the molecule is COc1cc([N+](=O)[O-])cc(C=CC=O)c1O. The fraction of sp³-hybridized carbons (Fsp3) is 0.100. The van der Waals surface area contributed by atoms with E-state index >= 15 is 0 Å². The van der Waals surface area contributed by atoms with Gasteiger partial charge in [0, 0.05) is 11.6 Å². The summed E-state index contributed by atoms with van der Waals surface area (Å²) >= 11 is 0. The molecule has 16 heavy (non-hydrogen) atoms. The zero-order valence-electron chi connectivity index (χ0n) is 8.41. The summed E-state index contributed by atoms with van der Waals surface area (Å²) < 4.78 is 4.78. The number of phenolic OH excluding ortho intramolecular Hbond substituents is 1. The van der Waals surface area contributed by atoms with E-state index in [0.29, 0.717) is 6.29 Å². The van der Waals surface area contributed by atoms with Crippen molar-refractivity contribution in [3.05, 3.63) is 33.9 Å². The second-order valence-electron chi connectivity index (χ2n) is 2.84. The Morgan fingerprint density at radius 3 is 2.69 bits per heavy atom. The number of hydrogen-bond acceptors (Lipinski definition) is 5. The van der Waals surface area contributed by atoms with Crippen molar-refractivity contribution in [2.45, 2.75) is 0 Å². The standard InChI is InChI=1S/C10H9NO5/c1-16-9-6-8(11(14)15)5-7(10(9)13)3-2-4-12/h2-6,13H,1H3. The highest BCUT2D eigenvalue weighted by atomic mass is 16.6. The fourth-order valence-electron chi connectivity index (χ4n) is 1.15. The highest BCUT2D eigenvalue weighted by Crippen LogP contribution is 2.35. The predicted octanol–water partition coefficient (Wildman–Crippen LogP) is 1.52. The van der Waals surface area contributed by atoms with Gasteiger partial charge in [0.15, 0.2) is 11.5 Å². The lowest BCUT2D eigenvalue weighted by Crippen LogP contribution is -1.92. The summed E-state index contributed by atoms with van der Waals surface area (Å²) in [5, 5.41) is 20.2. The summed E-state index contributed by atoms with van der Waals surface area (Å²) in [7, 11) is 1.28. The first-order valence-corrected chi connectivity index (χ1v) is 4.27. The summed E-state index contributed by atoms with van der Waals surface area (Å²) in [5.41, 5.74) is -0.0710. The minimum Gasteiger partial charge on any atom is -0.504 e. The van der Waals surface area contributed by atoms with Gasteiger partial charge in [0.2, 0.25) is 0 Å². The Labute approximate surface area is 90.9 Å². The number of rotatable bonds is 4. The van der Waals surface area contributed by atoms with E-state index in [9.17, 15) is 20.0 Å². The topological polar surface area (TPSA) is 89.7 Å². The summed E-state index contributed by atoms with van der Waals surface area (Å²) in [6.07, 6.45) is 2.89. The monoisotopic (exact) mass is 223 g/mol. The Kier molecular flexibility index (Phi) is 3.60. The first-order chi connectivity index (χ1) is 7.60. The van der Waals surface area contributed by atoms with Gasteiger partial charge in [-0.3, -0.25) is 14.9 Å². The molecule has 0 saturated carbocycles. The summed E-state index contributed by atoms with van der Waals surface area (Å²) in [6, 6.07) is 2.26. The highest BCUT2D eigenvalue weighted by molar-refractivity contribution is 5.77. The van der Waals surface area contributed by atoms with Crippen LogP contribution in [0.2, 0.25) is 0 Å². The van der Waals surface area contributed by atoms with E-state index < -0.39 is 4.92 Å². The Bertz CT molecular complexity index is 453. The molecule has 0 aliphatic rings. The van der Waals surface area contributed by atoms with Crippen molar-refractivity contribution in [3.8, 4) is 11.5 Å². The second-order valence-corrected chi connectivity index (χ2v) is 2.84. The number of nitro groups is 1. The van der Waals surface area contributed by atoms with Crippen LogP contribution in [0.4, 0.5) is 5.69 Å². The van der Waals surface area contributed by atoms with E-state index in [1.165, 1.54) is 13.2 Å². The van der Waals surface area contributed by atoms with Crippen molar-refractivity contribution in [3.63, 3.8) is 0 Å². The number of hydrogen-bond donors (Lipinski definition) is 1. The first kappa shape index (κ1) is 11.7. The predicted molar refractivity (Wildman–Crippen MR) is 56.4 cm³/mol. The Morgan fingerprint density at radius 1 is 1.50 bits per heavy atom. The quantitative estimate of drug-likeness (QED) is 0.361. The average Bonchev–Trinajstić information content (AvgIpc) is 2.27. The number of aldehydes is 1. The highest BCUT2D eigenvalue weighted by Gasteiger charge is 2.14. The third kappa shape index (κ3) is 2.35. The van der Waals surface area contributed by atoms with E-state index in [1.807, 2.05) is 0 Å². The molecular formula is C10H9NO5. The van der Waals surface area contributed by atoms with Crippen molar-refractivity contribution >= 4 is 18.0 Å². The number of carbonyl (C=O) groups excluding carboxylic acids is 1. The lowest BCUT2D eigenvalue weighted by Gasteiger charge is -2.05. The van der Waals surface area contributed by atoms with Crippen molar-refractivity contribution in [1.29, 1.82) is 0 Å². The van der Waals surface area contributed by atoms with Crippen molar-refractivity contribution in [2.24, 2.45) is 0 Å². The van der Waals surface area contributed by atoms with Crippen molar-refractivity contribution < 1.29 is 19.6 Å². The molecule has 1 aromatic rings. The Morgan fingerprint density at radius 2 is 2.19 bits per heavy atom. The maximum absolute atomic E-state index is 10.6. The Balaban J connectivity index is 3.34. The van der Waals surface area contributed by atoms with E-state index in [4.69, 9.17) is 4.74 Å². The molecule has 0 spiro atoms. The van der Waals surface area contributed by atoms with Gasteiger partial charge < -0.3 is 9.84 Å². The molecule has 0 bridgehead atoms. The van der Waals surface area contributed by atoms with Crippen LogP contribution < -0.4 is 4.74 Å². The molecular weight excluding hydrogens is 214 g/mol. The van der Waals surface area contributed by atoms with E-state index in [0.717, 1.165) is 18.2 Å². The lowest BCUT2D eigenvalue weighted by molar-refractivity contribution is -0.385. The number of nitro benzene ring substituents is 1. The molecule has 0 unspecified atom stereocenters. The number of allylic oxidation sites excluding steroid dienone is 1. The molecule has 0 heterocycles. The largest absolute Gasteiger partial charge is 0.504 e. The third-order valence-corrected chi connectivity index (χ3v) is 1.87. The van der Waals surface area contributed by atoms with E-state index in [1.54, 1.807) is 0 Å². The van der Waals surface area contributed by atoms with Crippen molar-refractivity contribution in [2.75, 3.05) is 7.11 Å². The normalized spacial score (nSPS) is 10.3. The van der Waals surface area contributed by atoms with Crippen LogP contribution in [0.25, 0.3) is 6.08 Å². The molecule has 0 atom stereocenters. The number of non-ortho nitro benzene ring substituents is 1. The van der Waals surface area contributed by atoms with Crippen LogP contribution in [0.5, 0.6) is 11.5 Å². The zero-order valence-corrected chi connectivity index (χ0v) is 8.41. The molecule has 1 aromatic carbocycles. The van der Waals surface area contributed by atoms with Gasteiger partial charge in [-0.1, -0.05) is 0 Å². The van der Waals surface area contributed by atoms with Gasteiger partial charge in [-0.05, 0) is 12.2 Å². The number of aromatic hydroxyl groups is 1. The van der Waals surface area contributed by atoms with Gasteiger partial charge in [0.1, 0.15) is 6.29 Å². The first-order valence-electron chi connectivity index (χ1n) is 4.27. The second kappa shape index (κ2) is 4.92. The molecule has 0 amide bonds. The van der Waals surface area contributed by atoms with Crippen LogP contribution >= 0.6 is 0 Å². The van der Waals surface area contributed by atoms with Gasteiger partial charge in [-0.25, -0.2) is 0 Å². The molecule has 0 fully saturated rings. The van der Waals surface area contributed by atoms with Crippen LogP contribution in [-0.4, -0.2) is 23.4 Å². The molecule has 0 aromatic heterocycles. The molecule has 0 saturated heterocycles. The van der Waals surface area contributed by atoms with Crippen LogP contribution in [-0.2, 0) is 4.79 Å². The van der Waals surface area contributed by atoms with Crippen LogP contribution in [0.3, 0.4) is 0 Å². The van der Waals surface area contributed by atoms with E-state index in [2.05, 4.69) is 0 Å². The summed E-state index contributed by atoms with van der Waals surface area (Å²) in [6.45, 7) is 0. The summed E-state index contributed by atoms with van der Waals surface area (Å²) in [4.78, 5) is 20.1. The minimum atomic E-state index is -0.611. The zero-order chi connectivity index (χ0) is 12.1. The number of carbonyl (C=O) groups is 1. The number of phenols is 1. The van der Waals surface area contributed by atoms with Gasteiger partial charge >= 0.3 is 0 Å². The molecule has 1 rings (SSSR count). The maximum Gasteiger partial charge on any atom is 0.274 e. The minimum absolute atomic E-state index is 0.0141. The molecule has 0 radical (unpaired) electrons. The number of methoxy groups -OCH3 is 1. The molecule has 6 heteroatoms.